The number of fused-ring (bicyclic) bond motifs is 1. The van der Waals surface area contributed by atoms with Crippen LogP contribution in [0, 0.1) is 0 Å². The van der Waals surface area contributed by atoms with E-state index >= 15 is 0 Å². The van der Waals surface area contributed by atoms with Gasteiger partial charge in [0.25, 0.3) is 0 Å². The third-order valence-corrected chi connectivity index (χ3v) is 3.43. The average molecular weight is 346 g/mol. The molecular weight excluding hydrogens is 330 g/mol. The standard InChI is InChI=1S/C17H15N3O3.ClH/c21-10-14(17(22)23)19-16-12-8-4-5-9-13(12)18-15(20-16)11-6-2-1-3-7-11;/h1-9,14,21H,10H2,(H,22,23)(H,18,19,20);1H. The van der Waals surface area contributed by atoms with Crippen molar-refractivity contribution in [1.82, 2.24) is 9.97 Å². The molecule has 124 valence electrons. The molecule has 0 amide bonds. The van der Waals surface area contributed by atoms with Crippen molar-refractivity contribution in [2.75, 3.05) is 11.9 Å². The highest BCUT2D eigenvalue weighted by molar-refractivity contribution is 5.92. The summed E-state index contributed by atoms with van der Waals surface area (Å²) in [6.07, 6.45) is 0. The van der Waals surface area contributed by atoms with Crippen molar-refractivity contribution in [3.8, 4) is 11.4 Å². The van der Waals surface area contributed by atoms with Crippen LogP contribution in [0.25, 0.3) is 22.3 Å². The zero-order chi connectivity index (χ0) is 16.2. The molecule has 1 aromatic heterocycles. The van der Waals surface area contributed by atoms with Crippen LogP contribution < -0.4 is 5.32 Å². The van der Waals surface area contributed by atoms with Crippen LogP contribution in [-0.2, 0) is 4.79 Å². The molecule has 3 rings (SSSR count). The van der Waals surface area contributed by atoms with E-state index in [0.717, 1.165) is 5.56 Å². The van der Waals surface area contributed by atoms with Gasteiger partial charge in [0.05, 0.1) is 12.1 Å². The Balaban J connectivity index is 0.00000208. The molecule has 6 nitrogen and oxygen atoms in total. The van der Waals surface area contributed by atoms with Crippen molar-refractivity contribution in [3.05, 3.63) is 54.6 Å². The number of carboxylic acids is 1. The number of halogens is 1. The SMILES string of the molecule is Cl.O=C(O)C(CO)Nc1nc(-c2ccccc2)nc2ccccc12. The Morgan fingerprint density at radius 2 is 1.71 bits per heavy atom. The summed E-state index contributed by atoms with van der Waals surface area (Å²) < 4.78 is 0. The number of hydrogen-bond donors (Lipinski definition) is 3. The molecule has 2 aromatic carbocycles. The second kappa shape index (κ2) is 7.72. The summed E-state index contributed by atoms with van der Waals surface area (Å²) in [5, 5.41) is 21.8. The van der Waals surface area contributed by atoms with E-state index in [1.807, 2.05) is 54.6 Å². The molecule has 1 heterocycles. The molecule has 7 heteroatoms. The molecule has 1 unspecified atom stereocenters. The lowest BCUT2D eigenvalue weighted by molar-refractivity contribution is -0.138. The number of para-hydroxylation sites is 1. The molecule has 0 bridgehead atoms. The highest BCUT2D eigenvalue weighted by atomic mass is 35.5. The Morgan fingerprint density at radius 1 is 1.04 bits per heavy atom. The van der Waals surface area contributed by atoms with E-state index in [-0.39, 0.29) is 12.4 Å². The molecule has 0 aliphatic heterocycles. The number of aliphatic carboxylic acids is 1. The lowest BCUT2D eigenvalue weighted by Gasteiger charge is -2.15. The predicted molar refractivity (Wildman–Crippen MR) is 94.4 cm³/mol. The number of nitrogens with one attached hydrogen (secondary N) is 1. The quantitative estimate of drug-likeness (QED) is 0.658. The maximum Gasteiger partial charge on any atom is 0.328 e. The summed E-state index contributed by atoms with van der Waals surface area (Å²) in [6, 6.07) is 15.6. The number of nitrogens with zero attached hydrogens (tertiary/aromatic N) is 2. The van der Waals surface area contributed by atoms with E-state index in [4.69, 9.17) is 5.11 Å². The van der Waals surface area contributed by atoms with Crippen LogP contribution in [0.15, 0.2) is 54.6 Å². The molecule has 0 saturated heterocycles. The second-order valence-corrected chi connectivity index (χ2v) is 5.00. The first-order valence-corrected chi connectivity index (χ1v) is 7.11. The van der Waals surface area contributed by atoms with Crippen molar-refractivity contribution >= 4 is 35.1 Å². The number of rotatable bonds is 5. The average Bonchev–Trinajstić information content (AvgIpc) is 2.59. The van der Waals surface area contributed by atoms with Gasteiger partial charge in [-0.15, -0.1) is 12.4 Å². The Labute approximate surface area is 144 Å². The molecule has 0 radical (unpaired) electrons. The van der Waals surface area contributed by atoms with Gasteiger partial charge in [0, 0.05) is 10.9 Å². The fourth-order valence-electron chi connectivity index (χ4n) is 2.25. The Bertz CT molecular complexity index is 843. The van der Waals surface area contributed by atoms with Gasteiger partial charge in [-0.05, 0) is 12.1 Å². The van der Waals surface area contributed by atoms with Gasteiger partial charge >= 0.3 is 5.97 Å². The molecule has 24 heavy (non-hydrogen) atoms. The van der Waals surface area contributed by atoms with Crippen LogP contribution in [0.2, 0.25) is 0 Å². The number of aromatic nitrogens is 2. The first kappa shape index (κ1) is 17.7. The van der Waals surface area contributed by atoms with Crippen molar-refractivity contribution in [1.29, 1.82) is 0 Å². The van der Waals surface area contributed by atoms with Gasteiger partial charge < -0.3 is 15.5 Å². The maximum absolute atomic E-state index is 11.2. The van der Waals surface area contributed by atoms with Crippen LogP contribution in [0.1, 0.15) is 0 Å². The third kappa shape index (κ3) is 3.61. The molecular formula is C17H16ClN3O3. The predicted octanol–water partition coefficient (Wildman–Crippen LogP) is 2.58. The molecule has 0 spiro atoms. The van der Waals surface area contributed by atoms with Gasteiger partial charge in [-0.1, -0.05) is 42.5 Å². The number of carbonyl (C=O) groups is 1. The van der Waals surface area contributed by atoms with E-state index in [2.05, 4.69) is 15.3 Å². The van der Waals surface area contributed by atoms with Crippen LogP contribution in [-0.4, -0.2) is 38.8 Å². The number of aliphatic hydroxyl groups excluding tert-OH is 1. The summed E-state index contributed by atoms with van der Waals surface area (Å²) >= 11 is 0. The molecule has 3 N–H and O–H groups in total. The van der Waals surface area contributed by atoms with Crippen molar-refractivity contribution in [2.24, 2.45) is 0 Å². The van der Waals surface area contributed by atoms with E-state index in [1.165, 1.54) is 0 Å². The highest BCUT2D eigenvalue weighted by Crippen LogP contribution is 2.25. The zero-order valence-corrected chi connectivity index (χ0v) is 13.4. The number of anilines is 1. The minimum Gasteiger partial charge on any atom is -0.480 e. The van der Waals surface area contributed by atoms with Gasteiger partial charge in [0.15, 0.2) is 5.82 Å². The maximum atomic E-state index is 11.2. The van der Waals surface area contributed by atoms with Gasteiger partial charge in [0.2, 0.25) is 0 Å². The second-order valence-electron chi connectivity index (χ2n) is 5.00. The zero-order valence-electron chi connectivity index (χ0n) is 12.6. The van der Waals surface area contributed by atoms with Crippen LogP contribution in [0.4, 0.5) is 5.82 Å². The van der Waals surface area contributed by atoms with Gasteiger partial charge in [-0.3, -0.25) is 0 Å². The smallest absolute Gasteiger partial charge is 0.328 e. The first-order valence-electron chi connectivity index (χ1n) is 7.11. The number of hydrogen-bond acceptors (Lipinski definition) is 5. The molecule has 1 atom stereocenters. The lowest BCUT2D eigenvalue weighted by atomic mass is 10.1. The Kier molecular flexibility index (Phi) is 5.68. The molecule has 0 aliphatic carbocycles. The van der Waals surface area contributed by atoms with Gasteiger partial charge in [-0.2, -0.15) is 0 Å². The van der Waals surface area contributed by atoms with Crippen LogP contribution >= 0.6 is 12.4 Å². The fraction of sp³-hybridized carbons (Fsp3) is 0.118. The molecule has 0 aliphatic rings. The minimum absolute atomic E-state index is 0. The first-order chi connectivity index (χ1) is 11.2. The van der Waals surface area contributed by atoms with Crippen molar-refractivity contribution in [3.63, 3.8) is 0 Å². The largest absolute Gasteiger partial charge is 0.480 e. The monoisotopic (exact) mass is 345 g/mol. The number of benzene rings is 2. The van der Waals surface area contributed by atoms with E-state index < -0.39 is 18.6 Å². The van der Waals surface area contributed by atoms with E-state index in [1.54, 1.807) is 0 Å². The van der Waals surface area contributed by atoms with E-state index in [9.17, 15) is 9.90 Å². The Morgan fingerprint density at radius 3 is 2.38 bits per heavy atom. The summed E-state index contributed by atoms with van der Waals surface area (Å²) in [7, 11) is 0. The molecule has 0 saturated carbocycles. The third-order valence-electron chi connectivity index (χ3n) is 3.43. The van der Waals surface area contributed by atoms with Crippen molar-refractivity contribution < 1.29 is 15.0 Å². The fourth-order valence-corrected chi connectivity index (χ4v) is 2.25. The summed E-state index contributed by atoms with van der Waals surface area (Å²) in [5.41, 5.74) is 1.53. The summed E-state index contributed by atoms with van der Waals surface area (Å²) in [4.78, 5) is 20.1. The topological polar surface area (TPSA) is 95.3 Å². The lowest BCUT2D eigenvalue weighted by Crippen LogP contribution is -2.33. The minimum atomic E-state index is -1.14. The van der Waals surface area contributed by atoms with E-state index in [0.29, 0.717) is 22.5 Å². The van der Waals surface area contributed by atoms with Gasteiger partial charge in [0.1, 0.15) is 11.9 Å². The molecule has 3 aromatic rings. The van der Waals surface area contributed by atoms with Crippen LogP contribution in [0.5, 0.6) is 0 Å². The number of carboxylic acid groups (broad SMARTS) is 1. The molecule has 0 fully saturated rings. The Hall–Kier alpha value is -2.70. The number of aliphatic hydroxyl groups is 1. The van der Waals surface area contributed by atoms with Crippen molar-refractivity contribution in [2.45, 2.75) is 6.04 Å². The summed E-state index contributed by atoms with van der Waals surface area (Å²) in [6.45, 7) is -0.533. The highest BCUT2D eigenvalue weighted by Gasteiger charge is 2.18. The van der Waals surface area contributed by atoms with Gasteiger partial charge in [-0.25, -0.2) is 14.8 Å². The summed E-state index contributed by atoms with van der Waals surface area (Å²) in [5.74, 6) is -0.263. The normalized spacial score (nSPS) is 11.5. The van der Waals surface area contributed by atoms with Crippen LogP contribution in [0.3, 0.4) is 0 Å².